The summed E-state index contributed by atoms with van der Waals surface area (Å²) in [4.78, 5) is 26.7. The molecule has 1 aromatic carbocycles. The minimum absolute atomic E-state index is 0.112. The zero-order valence-corrected chi connectivity index (χ0v) is 20.3. The van der Waals surface area contributed by atoms with Crippen LogP contribution in [0.5, 0.6) is 0 Å². The maximum Gasteiger partial charge on any atom is 0.254 e. The molecule has 0 aromatic heterocycles. The van der Waals surface area contributed by atoms with E-state index in [9.17, 15) is 18.0 Å². The maximum atomic E-state index is 12.6. The van der Waals surface area contributed by atoms with Crippen molar-refractivity contribution in [1.82, 2.24) is 10.2 Å². The van der Waals surface area contributed by atoms with E-state index in [1.807, 2.05) is 11.8 Å². The summed E-state index contributed by atoms with van der Waals surface area (Å²) in [6.07, 6.45) is 7.44. The fraction of sp³-hybridized carbons (Fsp3) is 0.636. The molecule has 178 valence electrons. The Morgan fingerprint density at radius 2 is 1.78 bits per heavy atom. The first-order chi connectivity index (χ1) is 15.3. The van der Waals surface area contributed by atoms with E-state index in [-0.39, 0.29) is 18.4 Å². The number of morpholine rings is 1. The summed E-state index contributed by atoms with van der Waals surface area (Å²) < 4.78 is 31.0. The highest BCUT2D eigenvalue weighted by atomic mass is 32.2. The topological polar surface area (TPSA) is 96.0 Å². The molecule has 2 amide bonds. The van der Waals surface area contributed by atoms with Crippen molar-refractivity contribution < 1.29 is 22.7 Å². The fourth-order valence-electron chi connectivity index (χ4n) is 3.95. The van der Waals surface area contributed by atoms with Crippen LogP contribution in [0.25, 0.3) is 0 Å². The van der Waals surface area contributed by atoms with E-state index in [0.29, 0.717) is 49.3 Å². The number of rotatable bonds is 9. The molecule has 8 nitrogen and oxygen atoms in total. The zero-order valence-electron chi connectivity index (χ0n) is 18.6. The summed E-state index contributed by atoms with van der Waals surface area (Å²) in [5.41, 5.74) is 0.839. The van der Waals surface area contributed by atoms with Gasteiger partial charge in [-0.2, -0.15) is 11.8 Å². The van der Waals surface area contributed by atoms with Crippen LogP contribution < -0.4 is 9.62 Å². The molecule has 1 aliphatic carbocycles. The van der Waals surface area contributed by atoms with Crippen LogP contribution in [0.2, 0.25) is 0 Å². The Morgan fingerprint density at radius 1 is 1.12 bits per heavy atom. The second-order valence-corrected chi connectivity index (χ2v) is 11.5. The maximum absolute atomic E-state index is 12.6. The van der Waals surface area contributed by atoms with Crippen molar-refractivity contribution >= 4 is 39.3 Å². The SMILES string of the molecule is CS(=O)(=O)N(CC(=O)NCCSC1CCCCC1)c1ccc(C(=O)N2CCOCC2)cc1. The molecule has 0 radical (unpaired) electrons. The third-order valence-electron chi connectivity index (χ3n) is 5.72. The standard InChI is InChI=1S/C22H33N3O5S2/c1-32(28,29)25(17-21(26)23-11-16-31-20-5-3-2-4-6-20)19-9-7-18(8-10-19)22(27)24-12-14-30-15-13-24/h7-10,20H,2-6,11-17H2,1H3,(H,23,26). The summed E-state index contributed by atoms with van der Waals surface area (Å²) >= 11 is 1.89. The van der Waals surface area contributed by atoms with Crippen LogP contribution >= 0.6 is 11.8 Å². The summed E-state index contributed by atoms with van der Waals surface area (Å²) in [6.45, 7) is 2.33. The average molecular weight is 484 g/mol. The Balaban J connectivity index is 1.53. The minimum Gasteiger partial charge on any atom is -0.378 e. The van der Waals surface area contributed by atoms with E-state index >= 15 is 0 Å². The van der Waals surface area contributed by atoms with E-state index < -0.39 is 10.0 Å². The van der Waals surface area contributed by atoms with Crippen molar-refractivity contribution in [1.29, 1.82) is 0 Å². The minimum atomic E-state index is -3.66. The van der Waals surface area contributed by atoms with Crippen LogP contribution in [0, 0.1) is 0 Å². The van der Waals surface area contributed by atoms with Gasteiger partial charge < -0.3 is 15.0 Å². The summed E-state index contributed by atoms with van der Waals surface area (Å²) in [5, 5.41) is 3.50. The Hall–Kier alpha value is -1.78. The van der Waals surface area contributed by atoms with Gasteiger partial charge in [0.25, 0.3) is 5.91 Å². The number of amides is 2. The smallest absolute Gasteiger partial charge is 0.254 e. The molecule has 0 atom stereocenters. The summed E-state index contributed by atoms with van der Waals surface area (Å²) in [6, 6.07) is 6.34. The number of ether oxygens (including phenoxy) is 1. The first-order valence-corrected chi connectivity index (χ1v) is 14.1. The molecule has 2 aliphatic rings. The monoisotopic (exact) mass is 483 g/mol. The summed E-state index contributed by atoms with van der Waals surface area (Å²) in [7, 11) is -3.66. The molecule has 3 rings (SSSR count). The van der Waals surface area contributed by atoms with E-state index in [1.165, 1.54) is 32.1 Å². The third-order valence-corrected chi connectivity index (χ3v) is 8.24. The van der Waals surface area contributed by atoms with Gasteiger partial charge in [0, 0.05) is 36.2 Å². The quantitative estimate of drug-likeness (QED) is 0.541. The third kappa shape index (κ3) is 7.38. The number of nitrogens with zero attached hydrogens (tertiary/aromatic N) is 2. The van der Waals surface area contributed by atoms with Gasteiger partial charge in [-0.3, -0.25) is 13.9 Å². The van der Waals surface area contributed by atoms with Crippen molar-refractivity contribution in [3.05, 3.63) is 29.8 Å². The molecule has 1 aromatic rings. The van der Waals surface area contributed by atoms with Gasteiger partial charge in [0.2, 0.25) is 15.9 Å². The van der Waals surface area contributed by atoms with Crippen LogP contribution in [0.3, 0.4) is 0 Å². The number of sulfonamides is 1. The molecule has 1 saturated heterocycles. The lowest BCUT2D eigenvalue weighted by atomic mass is 10.0. The highest BCUT2D eigenvalue weighted by molar-refractivity contribution is 7.99. The Kier molecular flexibility index (Phi) is 9.24. The molecule has 0 spiro atoms. The lowest BCUT2D eigenvalue weighted by Crippen LogP contribution is -2.41. The number of benzene rings is 1. The molecule has 1 saturated carbocycles. The number of nitrogens with one attached hydrogen (secondary N) is 1. The predicted molar refractivity (Wildman–Crippen MR) is 128 cm³/mol. The van der Waals surface area contributed by atoms with Gasteiger partial charge in [-0.15, -0.1) is 0 Å². The highest BCUT2D eigenvalue weighted by Gasteiger charge is 2.23. The average Bonchev–Trinajstić information content (AvgIpc) is 2.80. The fourth-order valence-corrected chi connectivity index (χ4v) is 6.03. The number of carbonyl (C=O) groups is 2. The van der Waals surface area contributed by atoms with Gasteiger partial charge in [-0.05, 0) is 37.1 Å². The molecule has 0 bridgehead atoms. The van der Waals surface area contributed by atoms with Crippen molar-refractivity contribution in [2.24, 2.45) is 0 Å². The molecule has 10 heteroatoms. The van der Waals surface area contributed by atoms with Gasteiger partial charge in [-0.25, -0.2) is 8.42 Å². The van der Waals surface area contributed by atoms with E-state index in [4.69, 9.17) is 4.74 Å². The molecule has 1 heterocycles. The molecular weight excluding hydrogens is 450 g/mol. The van der Waals surface area contributed by atoms with E-state index in [0.717, 1.165) is 16.3 Å². The van der Waals surface area contributed by atoms with Crippen LogP contribution in [0.4, 0.5) is 5.69 Å². The number of hydrogen-bond acceptors (Lipinski definition) is 6. The molecular formula is C22H33N3O5S2. The lowest BCUT2D eigenvalue weighted by molar-refractivity contribution is -0.119. The van der Waals surface area contributed by atoms with Crippen LogP contribution in [0.1, 0.15) is 42.5 Å². The van der Waals surface area contributed by atoms with E-state index in [2.05, 4.69) is 5.32 Å². The first kappa shape index (κ1) is 24.9. The second kappa shape index (κ2) is 11.9. The number of anilines is 1. The Morgan fingerprint density at radius 3 is 2.41 bits per heavy atom. The molecule has 2 fully saturated rings. The van der Waals surface area contributed by atoms with Gasteiger partial charge in [0.1, 0.15) is 6.54 Å². The van der Waals surface area contributed by atoms with Crippen molar-refractivity contribution in [3.63, 3.8) is 0 Å². The lowest BCUT2D eigenvalue weighted by Gasteiger charge is -2.27. The normalized spacial score (nSPS) is 17.7. The van der Waals surface area contributed by atoms with Gasteiger partial charge in [0.15, 0.2) is 0 Å². The predicted octanol–water partition coefficient (Wildman–Crippen LogP) is 2.11. The van der Waals surface area contributed by atoms with Crippen molar-refractivity contribution in [2.45, 2.75) is 37.4 Å². The number of thioether (sulfide) groups is 1. The number of hydrogen-bond donors (Lipinski definition) is 1. The van der Waals surface area contributed by atoms with Crippen LogP contribution in [-0.4, -0.2) is 81.8 Å². The van der Waals surface area contributed by atoms with E-state index in [1.54, 1.807) is 29.2 Å². The van der Waals surface area contributed by atoms with Gasteiger partial charge >= 0.3 is 0 Å². The largest absolute Gasteiger partial charge is 0.378 e. The van der Waals surface area contributed by atoms with Gasteiger partial charge in [0.05, 0.1) is 25.2 Å². The van der Waals surface area contributed by atoms with Crippen LogP contribution in [0.15, 0.2) is 24.3 Å². The first-order valence-electron chi connectivity index (χ1n) is 11.2. The highest BCUT2D eigenvalue weighted by Crippen LogP contribution is 2.27. The Bertz CT molecular complexity index is 864. The van der Waals surface area contributed by atoms with Crippen LogP contribution in [-0.2, 0) is 19.6 Å². The van der Waals surface area contributed by atoms with Gasteiger partial charge in [-0.1, -0.05) is 19.3 Å². The molecule has 32 heavy (non-hydrogen) atoms. The molecule has 0 unspecified atom stereocenters. The zero-order chi connectivity index (χ0) is 23.0. The molecule has 1 N–H and O–H groups in total. The molecule has 1 aliphatic heterocycles. The Labute approximate surface area is 195 Å². The van der Waals surface area contributed by atoms with Crippen molar-refractivity contribution in [3.8, 4) is 0 Å². The summed E-state index contributed by atoms with van der Waals surface area (Å²) in [5.74, 6) is 0.375. The van der Waals surface area contributed by atoms with Crippen molar-refractivity contribution in [2.75, 3.05) is 55.7 Å². The second-order valence-electron chi connectivity index (χ2n) is 8.20. The number of carbonyl (C=O) groups excluding carboxylic acids is 2.